The highest BCUT2D eigenvalue weighted by Crippen LogP contribution is 2.36. The molecule has 158 valence electrons. The Morgan fingerprint density at radius 3 is 2.35 bits per heavy atom. The van der Waals surface area contributed by atoms with Crippen molar-refractivity contribution in [3.05, 3.63) is 82.6 Å². The van der Waals surface area contributed by atoms with Gasteiger partial charge in [0.1, 0.15) is 5.25 Å². The number of rotatable bonds is 6. The number of thioether (sulfide) groups is 1. The van der Waals surface area contributed by atoms with Crippen LogP contribution < -0.4 is 5.56 Å². The zero-order valence-electron chi connectivity index (χ0n) is 17.4. The first kappa shape index (κ1) is 21.1. The molecule has 0 spiro atoms. The van der Waals surface area contributed by atoms with Crippen molar-refractivity contribution in [3.63, 3.8) is 0 Å². The first-order valence-corrected chi connectivity index (χ1v) is 10.8. The number of carbonyl (C=O) groups is 1. The van der Waals surface area contributed by atoms with Crippen LogP contribution in [-0.2, 0) is 11.3 Å². The molecule has 31 heavy (non-hydrogen) atoms. The molecular formula is C24H23N3O3S. The molecule has 0 saturated carbocycles. The molecule has 1 atom stereocenters. The molecular weight excluding hydrogens is 410 g/mol. The standard InChI is InChI=1S/C24H23N3O3S/c1-26(2)23(30)21(16-8-4-3-5-9-16)31-24-25-20-15-18-11-7-6-10-17(18)14-19(20)22(29)27(24)12-13-28/h3-11,14-15,21,28H,12-13H2,1-2H3. The van der Waals surface area contributed by atoms with Gasteiger partial charge in [0.15, 0.2) is 5.16 Å². The van der Waals surface area contributed by atoms with E-state index in [2.05, 4.69) is 0 Å². The minimum absolute atomic E-state index is 0.0976. The molecule has 3 aromatic carbocycles. The normalized spacial score (nSPS) is 12.2. The number of benzene rings is 3. The lowest BCUT2D eigenvalue weighted by Gasteiger charge is -2.22. The summed E-state index contributed by atoms with van der Waals surface area (Å²) in [7, 11) is 3.42. The van der Waals surface area contributed by atoms with E-state index in [0.29, 0.717) is 16.1 Å². The highest BCUT2D eigenvalue weighted by molar-refractivity contribution is 8.00. The largest absolute Gasteiger partial charge is 0.395 e. The fraction of sp³-hybridized carbons (Fsp3) is 0.208. The maximum Gasteiger partial charge on any atom is 0.262 e. The Bertz CT molecular complexity index is 1300. The Morgan fingerprint density at radius 1 is 1.06 bits per heavy atom. The lowest BCUT2D eigenvalue weighted by molar-refractivity contribution is -0.128. The van der Waals surface area contributed by atoms with E-state index < -0.39 is 5.25 Å². The number of aliphatic hydroxyl groups excluding tert-OH is 1. The van der Waals surface area contributed by atoms with Crippen LogP contribution in [0.5, 0.6) is 0 Å². The monoisotopic (exact) mass is 433 g/mol. The molecule has 0 aliphatic heterocycles. The molecule has 0 saturated heterocycles. The van der Waals surface area contributed by atoms with Gasteiger partial charge in [0.2, 0.25) is 5.91 Å². The highest BCUT2D eigenvalue weighted by atomic mass is 32.2. The Morgan fingerprint density at radius 2 is 1.71 bits per heavy atom. The van der Waals surface area contributed by atoms with Crippen LogP contribution in [0.4, 0.5) is 0 Å². The average Bonchev–Trinajstić information content (AvgIpc) is 2.79. The molecule has 0 aliphatic carbocycles. The predicted molar refractivity (Wildman–Crippen MR) is 124 cm³/mol. The van der Waals surface area contributed by atoms with E-state index in [0.717, 1.165) is 16.3 Å². The first-order chi connectivity index (χ1) is 15.0. The van der Waals surface area contributed by atoms with Gasteiger partial charge in [-0.2, -0.15) is 0 Å². The minimum Gasteiger partial charge on any atom is -0.395 e. The van der Waals surface area contributed by atoms with Crippen molar-refractivity contribution in [3.8, 4) is 0 Å². The topological polar surface area (TPSA) is 75.4 Å². The zero-order chi connectivity index (χ0) is 22.0. The van der Waals surface area contributed by atoms with Gasteiger partial charge in [-0.15, -0.1) is 0 Å². The third-order valence-corrected chi connectivity index (χ3v) is 6.33. The number of fused-ring (bicyclic) bond motifs is 2. The Kier molecular flexibility index (Phi) is 6.06. The molecule has 1 N–H and O–H groups in total. The van der Waals surface area contributed by atoms with Gasteiger partial charge in [-0.05, 0) is 28.5 Å². The zero-order valence-corrected chi connectivity index (χ0v) is 18.2. The quantitative estimate of drug-likeness (QED) is 0.286. The second-order valence-corrected chi connectivity index (χ2v) is 8.50. The van der Waals surface area contributed by atoms with E-state index in [4.69, 9.17) is 4.98 Å². The molecule has 1 aromatic heterocycles. The number of hydrogen-bond donors (Lipinski definition) is 1. The molecule has 0 aliphatic rings. The first-order valence-electron chi connectivity index (χ1n) is 9.96. The molecule has 0 bridgehead atoms. The summed E-state index contributed by atoms with van der Waals surface area (Å²) in [5.41, 5.74) is 1.18. The molecule has 0 fully saturated rings. The fourth-order valence-electron chi connectivity index (χ4n) is 3.50. The summed E-state index contributed by atoms with van der Waals surface area (Å²) < 4.78 is 1.46. The van der Waals surface area contributed by atoms with E-state index in [1.165, 1.54) is 21.2 Å². The van der Waals surface area contributed by atoms with Crippen LogP contribution in [0.15, 0.2) is 76.7 Å². The Balaban J connectivity index is 1.89. The van der Waals surface area contributed by atoms with Crippen molar-refractivity contribution < 1.29 is 9.90 Å². The van der Waals surface area contributed by atoms with Crippen molar-refractivity contribution >= 4 is 39.3 Å². The van der Waals surface area contributed by atoms with E-state index in [9.17, 15) is 14.7 Å². The number of amides is 1. The number of aromatic nitrogens is 2. The summed E-state index contributed by atoms with van der Waals surface area (Å²) in [6.45, 7) is -0.0968. The van der Waals surface area contributed by atoms with Crippen LogP contribution in [0.3, 0.4) is 0 Å². The van der Waals surface area contributed by atoms with Gasteiger partial charge >= 0.3 is 0 Å². The second kappa shape index (κ2) is 8.91. The number of likely N-dealkylation sites (N-methyl/N-ethyl adjacent to an activating group) is 1. The highest BCUT2D eigenvalue weighted by Gasteiger charge is 2.26. The van der Waals surface area contributed by atoms with Crippen molar-refractivity contribution in [2.45, 2.75) is 17.0 Å². The molecule has 1 heterocycles. The molecule has 1 amide bonds. The number of hydrogen-bond acceptors (Lipinski definition) is 5. The Hall–Kier alpha value is -3.16. The smallest absolute Gasteiger partial charge is 0.262 e. The van der Waals surface area contributed by atoms with E-state index in [1.807, 2.05) is 66.7 Å². The Labute approximate surface area is 184 Å². The van der Waals surface area contributed by atoms with Crippen LogP contribution in [-0.4, -0.2) is 46.2 Å². The van der Waals surface area contributed by atoms with Crippen molar-refractivity contribution in [1.82, 2.24) is 14.5 Å². The van der Waals surface area contributed by atoms with E-state index >= 15 is 0 Å². The van der Waals surface area contributed by atoms with Gasteiger partial charge in [-0.1, -0.05) is 66.4 Å². The minimum atomic E-state index is -0.564. The van der Waals surface area contributed by atoms with Crippen molar-refractivity contribution in [2.24, 2.45) is 0 Å². The van der Waals surface area contributed by atoms with Gasteiger partial charge in [0.05, 0.1) is 24.1 Å². The summed E-state index contributed by atoms with van der Waals surface area (Å²) in [6.07, 6.45) is 0. The van der Waals surface area contributed by atoms with Crippen LogP contribution in [0.25, 0.3) is 21.7 Å². The van der Waals surface area contributed by atoms with Crippen LogP contribution in [0, 0.1) is 0 Å². The van der Waals surface area contributed by atoms with Crippen LogP contribution in [0.1, 0.15) is 10.8 Å². The van der Waals surface area contributed by atoms with Gasteiger partial charge < -0.3 is 10.0 Å². The molecule has 4 aromatic rings. The van der Waals surface area contributed by atoms with Crippen molar-refractivity contribution in [2.75, 3.05) is 20.7 Å². The molecule has 7 heteroatoms. The van der Waals surface area contributed by atoms with Crippen LogP contribution >= 0.6 is 11.8 Å². The summed E-state index contributed by atoms with van der Waals surface area (Å²) in [5.74, 6) is -0.0976. The molecule has 6 nitrogen and oxygen atoms in total. The average molecular weight is 434 g/mol. The van der Waals surface area contributed by atoms with Crippen LogP contribution in [0.2, 0.25) is 0 Å². The number of nitrogens with zero attached hydrogens (tertiary/aromatic N) is 3. The summed E-state index contributed by atoms with van der Waals surface area (Å²) in [6, 6.07) is 21.0. The number of carbonyl (C=O) groups excluding carboxylic acids is 1. The molecule has 1 unspecified atom stereocenters. The second-order valence-electron chi connectivity index (χ2n) is 7.43. The third-order valence-electron chi connectivity index (χ3n) is 5.10. The number of aliphatic hydroxyl groups is 1. The SMILES string of the molecule is CN(C)C(=O)C(Sc1nc2cc3ccccc3cc2c(=O)n1CCO)c1ccccc1. The summed E-state index contributed by atoms with van der Waals surface area (Å²) >= 11 is 1.23. The van der Waals surface area contributed by atoms with Crippen molar-refractivity contribution in [1.29, 1.82) is 0 Å². The van der Waals surface area contributed by atoms with Gasteiger partial charge in [-0.25, -0.2) is 4.98 Å². The summed E-state index contributed by atoms with van der Waals surface area (Å²) in [5, 5.41) is 11.9. The fourth-order valence-corrected chi connectivity index (χ4v) is 4.77. The van der Waals surface area contributed by atoms with Gasteiger partial charge in [-0.3, -0.25) is 14.2 Å². The van der Waals surface area contributed by atoms with E-state index in [1.54, 1.807) is 14.1 Å². The molecule has 0 radical (unpaired) electrons. The maximum absolute atomic E-state index is 13.3. The van der Waals surface area contributed by atoms with Gasteiger partial charge in [0, 0.05) is 14.1 Å². The van der Waals surface area contributed by atoms with E-state index in [-0.39, 0.29) is 24.6 Å². The molecule has 4 rings (SSSR count). The lowest BCUT2D eigenvalue weighted by atomic mass is 10.1. The lowest BCUT2D eigenvalue weighted by Crippen LogP contribution is -2.29. The summed E-state index contributed by atoms with van der Waals surface area (Å²) in [4.78, 5) is 32.6. The third kappa shape index (κ3) is 4.19. The van der Waals surface area contributed by atoms with Gasteiger partial charge in [0.25, 0.3) is 5.56 Å². The maximum atomic E-state index is 13.3. The predicted octanol–water partition coefficient (Wildman–Crippen LogP) is 3.46.